The molecule has 3 aromatic rings. The first-order valence-corrected chi connectivity index (χ1v) is 11.1. The molecule has 32 heavy (non-hydrogen) atoms. The minimum atomic E-state index is 0.778. The Labute approximate surface area is 192 Å². The van der Waals surface area contributed by atoms with Crippen molar-refractivity contribution in [1.82, 2.24) is 0 Å². The van der Waals surface area contributed by atoms with Crippen LogP contribution < -0.4 is 9.47 Å². The molecule has 4 heteroatoms. The molecule has 0 saturated carbocycles. The maximum atomic E-state index is 5.89. The summed E-state index contributed by atoms with van der Waals surface area (Å²) in [6, 6.07) is 0. The smallest absolute Gasteiger partial charge is 0.150 e. The lowest BCUT2D eigenvalue weighted by molar-refractivity contribution is 0.411. The first-order valence-electron chi connectivity index (χ1n) is 11.1. The molecule has 0 aliphatic carbocycles. The predicted octanol–water partition coefficient (Wildman–Crippen LogP) is 8.36. The number of methoxy groups -OCH3 is 2. The summed E-state index contributed by atoms with van der Waals surface area (Å²) in [5.74, 6) is 1.56. The highest BCUT2D eigenvalue weighted by atomic mass is 16.5. The van der Waals surface area contributed by atoms with Crippen molar-refractivity contribution >= 4 is 22.1 Å². The first kappa shape index (κ1) is 23.8. The van der Waals surface area contributed by atoms with Gasteiger partial charge in [-0.05, 0) is 130 Å². The summed E-state index contributed by atoms with van der Waals surface area (Å²) in [5, 5.41) is 12.0. The molecule has 3 aromatic carbocycles. The van der Waals surface area contributed by atoms with Gasteiger partial charge in [0.2, 0.25) is 0 Å². The van der Waals surface area contributed by atoms with Crippen LogP contribution in [-0.2, 0) is 0 Å². The Hall–Kier alpha value is -2.88. The summed E-state index contributed by atoms with van der Waals surface area (Å²) >= 11 is 0. The van der Waals surface area contributed by atoms with Crippen LogP contribution in [0.4, 0.5) is 11.4 Å². The van der Waals surface area contributed by atoms with Crippen LogP contribution in [0, 0.1) is 69.2 Å². The van der Waals surface area contributed by atoms with Gasteiger partial charge < -0.3 is 9.47 Å². The second kappa shape index (κ2) is 8.57. The molecule has 4 nitrogen and oxygen atoms in total. The van der Waals surface area contributed by atoms with Crippen LogP contribution in [0.3, 0.4) is 0 Å². The number of azo groups is 1. The van der Waals surface area contributed by atoms with Crippen LogP contribution in [0.1, 0.15) is 55.6 Å². The number of rotatable bonds is 4. The number of fused-ring (bicyclic) bond motifs is 1. The summed E-state index contributed by atoms with van der Waals surface area (Å²) in [4.78, 5) is 0. The summed E-state index contributed by atoms with van der Waals surface area (Å²) in [7, 11) is 3.41. The molecule has 0 N–H and O–H groups in total. The quantitative estimate of drug-likeness (QED) is 0.389. The molecule has 0 aliphatic rings. The molecule has 0 fully saturated rings. The largest absolute Gasteiger partial charge is 0.494 e. The van der Waals surface area contributed by atoms with Gasteiger partial charge in [0.05, 0.1) is 14.2 Å². The molecule has 0 saturated heterocycles. The number of benzene rings is 3. The van der Waals surface area contributed by atoms with Crippen LogP contribution in [0.2, 0.25) is 0 Å². The Morgan fingerprint density at radius 1 is 0.375 bits per heavy atom. The van der Waals surface area contributed by atoms with Crippen molar-refractivity contribution in [2.45, 2.75) is 69.2 Å². The van der Waals surface area contributed by atoms with E-state index in [-0.39, 0.29) is 0 Å². The lowest BCUT2D eigenvalue weighted by Crippen LogP contribution is -2.00. The van der Waals surface area contributed by atoms with Crippen LogP contribution in [0.25, 0.3) is 10.8 Å². The summed E-state index contributed by atoms with van der Waals surface area (Å²) < 4.78 is 11.6. The predicted molar refractivity (Wildman–Crippen MR) is 135 cm³/mol. The summed E-state index contributed by atoms with van der Waals surface area (Å²) in [6.07, 6.45) is 0. The Balaban J connectivity index is 2.46. The van der Waals surface area contributed by atoms with E-state index in [0.717, 1.165) is 45.0 Å². The molecular formula is C28H36N2O2. The van der Waals surface area contributed by atoms with Gasteiger partial charge in [0.15, 0.2) is 0 Å². The molecule has 0 radical (unpaired) electrons. The average molecular weight is 433 g/mol. The zero-order valence-electron chi connectivity index (χ0n) is 21.7. The monoisotopic (exact) mass is 432 g/mol. The third kappa shape index (κ3) is 3.37. The second-order valence-corrected chi connectivity index (χ2v) is 8.96. The van der Waals surface area contributed by atoms with E-state index in [1.54, 1.807) is 14.2 Å². The zero-order chi connectivity index (χ0) is 24.1. The van der Waals surface area contributed by atoms with Crippen molar-refractivity contribution in [2.24, 2.45) is 10.2 Å². The molecule has 0 bridgehead atoms. The van der Waals surface area contributed by atoms with Gasteiger partial charge in [0.25, 0.3) is 0 Å². The standard InChI is InChI=1S/C28H36N2O2/c1-13-14(2)18(6)24-23(17(13)5)19(7)22(10)28(32-12)26(24)30-29-25-20(8)15(3)16(4)21(9)27(25)31-11/h1-12H3. The Bertz CT molecular complexity index is 1280. The van der Waals surface area contributed by atoms with Gasteiger partial charge >= 0.3 is 0 Å². The SMILES string of the molecule is COc1c(C)c(C)c(C)c(C)c1N=Nc1c(OC)c(C)c(C)c2c(C)c(C)c(C)c(C)c12. The van der Waals surface area contributed by atoms with Crippen LogP contribution in [-0.4, -0.2) is 14.2 Å². The number of ether oxygens (including phenoxy) is 2. The van der Waals surface area contributed by atoms with Gasteiger partial charge in [-0.3, -0.25) is 0 Å². The molecule has 0 aliphatic heterocycles. The molecule has 3 rings (SSSR count). The van der Waals surface area contributed by atoms with Crippen molar-refractivity contribution in [2.75, 3.05) is 14.2 Å². The normalized spacial score (nSPS) is 11.6. The van der Waals surface area contributed by atoms with Crippen molar-refractivity contribution in [3.05, 3.63) is 55.6 Å². The fourth-order valence-electron chi connectivity index (χ4n) is 4.80. The van der Waals surface area contributed by atoms with Gasteiger partial charge in [-0.15, -0.1) is 10.2 Å². The Kier molecular flexibility index (Phi) is 6.37. The maximum Gasteiger partial charge on any atom is 0.150 e. The number of aryl methyl sites for hydroxylation is 3. The Morgan fingerprint density at radius 2 is 0.719 bits per heavy atom. The van der Waals surface area contributed by atoms with E-state index in [9.17, 15) is 0 Å². The molecule has 0 amide bonds. The van der Waals surface area contributed by atoms with Crippen LogP contribution in [0.15, 0.2) is 10.2 Å². The minimum absolute atomic E-state index is 0.778. The van der Waals surface area contributed by atoms with E-state index >= 15 is 0 Å². The first-order chi connectivity index (χ1) is 15.0. The van der Waals surface area contributed by atoms with E-state index in [1.165, 1.54) is 44.3 Å². The van der Waals surface area contributed by atoms with Crippen molar-refractivity contribution in [3.63, 3.8) is 0 Å². The molecule has 0 heterocycles. The highest BCUT2D eigenvalue weighted by molar-refractivity contribution is 6.04. The lowest BCUT2D eigenvalue weighted by Gasteiger charge is -2.21. The lowest BCUT2D eigenvalue weighted by atomic mass is 9.86. The number of hydrogen-bond acceptors (Lipinski definition) is 4. The van der Waals surface area contributed by atoms with E-state index in [4.69, 9.17) is 19.7 Å². The van der Waals surface area contributed by atoms with Gasteiger partial charge in [0.1, 0.15) is 22.9 Å². The molecular weight excluding hydrogens is 396 g/mol. The van der Waals surface area contributed by atoms with E-state index < -0.39 is 0 Å². The van der Waals surface area contributed by atoms with E-state index in [1.807, 2.05) is 0 Å². The van der Waals surface area contributed by atoms with Crippen LogP contribution in [0.5, 0.6) is 11.5 Å². The summed E-state index contributed by atoms with van der Waals surface area (Å²) in [5.41, 5.74) is 13.6. The van der Waals surface area contributed by atoms with Crippen molar-refractivity contribution in [1.29, 1.82) is 0 Å². The van der Waals surface area contributed by atoms with Gasteiger partial charge in [-0.1, -0.05) is 0 Å². The van der Waals surface area contributed by atoms with Gasteiger partial charge in [0, 0.05) is 5.39 Å². The topological polar surface area (TPSA) is 43.2 Å². The van der Waals surface area contributed by atoms with Crippen molar-refractivity contribution < 1.29 is 9.47 Å². The third-order valence-electron chi connectivity index (χ3n) is 7.67. The Morgan fingerprint density at radius 3 is 1.25 bits per heavy atom. The number of hydrogen-bond donors (Lipinski definition) is 0. The molecule has 0 aromatic heterocycles. The molecule has 0 unspecified atom stereocenters. The minimum Gasteiger partial charge on any atom is -0.494 e. The molecule has 0 spiro atoms. The fourth-order valence-corrected chi connectivity index (χ4v) is 4.80. The van der Waals surface area contributed by atoms with E-state index in [0.29, 0.717) is 0 Å². The van der Waals surface area contributed by atoms with E-state index in [2.05, 4.69) is 69.2 Å². The average Bonchev–Trinajstić information content (AvgIpc) is 2.78. The number of nitrogens with zero attached hydrogens (tertiary/aromatic N) is 2. The second-order valence-electron chi connectivity index (χ2n) is 8.96. The maximum absolute atomic E-state index is 5.89. The molecule has 170 valence electrons. The fraction of sp³-hybridized carbons (Fsp3) is 0.429. The zero-order valence-corrected chi connectivity index (χ0v) is 21.7. The molecule has 0 atom stereocenters. The van der Waals surface area contributed by atoms with Crippen molar-refractivity contribution in [3.8, 4) is 11.5 Å². The van der Waals surface area contributed by atoms with Crippen LogP contribution >= 0.6 is 0 Å². The summed E-state index contributed by atoms with van der Waals surface area (Å²) in [6.45, 7) is 21.4. The van der Waals surface area contributed by atoms with Gasteiger partial charge in [-0.25, -0.2) is 0 Å². The third-order valence-corrected chi connectivity index (χ3v) is 7.67. The van der Waals surface area contributed by atoms with Gasteiger partial charge in [-0.2, -0.15) is 0 Å². The highest BCUT2D eigenvalue weighted by Gasteiger charge is 2.22. The highest BCUT2D eigenvalue weighted by Crippen LogP contribution is 2.47.